The number of hydrogen-bond donors (Lipinski definition) is 1. The molecule has 0 aliphatic carbocycles. The fraction of sp³-hybridized carbons (Fsp3) is 0.294. The van der Waals surface area contributed by atoms with Crippen molar-refractivity contribution >= 4 is 23.2 Å². The third-order valence-corrected chi connectivity index (χ3v) is 4.63. The molecule has 1 aliphatic heterocycles. The highest BCUT2D eigenvalue weighted by molar-refractivity contribution is 6.42. The van der Waals surface area contributed by atoms with Crippen LogP contribution in [0.1, 0.15) is 17.2 Å². The summed E-state index contributed by atoms with van der Waals surface area (Å²) in [5.74, 6) is 0. The Morgan fingerprint density at radius 2 is 1.57 bits per heavy atom. The van der Waals surface area contributed by atoms with E-state index in [2.05, 4.69) is 40.5 Å². The first-order valence-electron chi connectivity index (χ1n) is 7.20. The van der Waals surface area contributed by atoms with E-state index in [1.54, 1.807) is 0 Å². The largest absolute Gasteiger partial charge is 0.314 e. The van der Waals surface area contributed by atoms with Crippen LogP contribution in [0.25, 0.3) is 0 Å². The van der Waals surface area contributed by atoms with E-state index in [-0.39, 0.29) is 6.04 Å². The van der Waals surface area contributed by atoms with Gasteiger partial charge in [0.05, 0.1) is 16.1 Å². The molecule has 1 atom stereocenters. The fourth-order valence-corrected chi connectivity index (χ4v) is 3.18. The summed E-state index contributed by atoms with van der Waals surface area (Å²) in [6.45, 7) is 4.09. The molecule has 0 radical (unpaired) electrons. The summed E-state index contributed by atoms with van der Waals surface area (Å²) in [6.07, 6.45) is 0. The van der Waals surface area contributed by atoms with Gasteiger partial charge in [0.2, 0.25) is 0 Å². The molecular formula is C17H18Cl2N2. The van der Waals surface area contributed by atoms with Crippen LogP contribution in [0.4, 0.5) is 0 Å². The summed E-state index contributed by atoms with van der Waals surface area (Å²) in [6, 6.07) is 16.7. The van der Waals surface area contributed by atoms with E-state index >= 15 is 0 Å². The van der Waals surface area contributed by atoms with Gasteiger partial charge in [-0.2, -0.15) is 0 Å². The van der Waals surface area contributed by atoms with Gasteiger partial charge >= 0.3 is 0 Å². The number of rotatable bonds is 3. The molecule has 2 aromatic rings. The van der Waals surface area contributed by atoms with E-state index < -0.39 is 0 Å². The van der Waals surface area contributed by atoms with Crippen LogP contribution >= 0.6 is 23.2 Å². The zero-order valence-corrected chi connectivity index (χ0v) is 13.2. The Kier molecular flexibility index (Phi) is 4.81. The lowest BCUT2D eigenvalue weighted by molar-refractivity contribution is 0.198. The first kappa shape index (κ1) is 14.9. The summed E-state index contributed by atoms with van der Waals surface area (Å²) in [5, 5.41) is 4.62. The van der Waals surface area contributed by atoms with Crippen LogP contribution in [0.5, 0.6) is 0 Å². The second-order valence-electron chi connectivity index (χ2n) is 5.27. The summed E-state index contributed by atoms with van der Waals surface area (Å²) >= 11 is 12.3. The topological polar surface area (TPSA) is 15.3 Å². The maximum Gasteiger partial charge on any atom is 0.0603 e. The Morgan fingerprint density at radius 3 is 2.24 bits per heavy atom. The van der Waals surface area contributed by atoms with Gasteiger partial charge in [0, 0.05) is 26.2 Å². The van der Waals surface area contributed by atoms with Gasteiger partial charge < -0.3 is 5.32 Å². The van der Waals surface area contributed by atoms with Crippen LogP contribution in [0.15, 0.2) is 48.5 Å². The van der Waals surface area contributed by atoms with Crippen molar-refractivity contribution in [3.05, 3.63) is 69.7 Å². The molecule has 1 aliphatic rings. The highest BCUT2D eigenvalue weighted by Crippen LogP contribution is 2.32. The van der Waals surface area contributed by atoms with Gasteiger partial charge in [0.25, 0.3) is 0 Å². The highest BCUT2D eigenvalue weighted by Gasteiger charge is 2.24. The molecule has 2 aromatic carbocycles. The van der Waals surface area contributed by atoms with Gasteiger partial charge in [-0.25, -0.2) is 0 Å². The average molecular weight is 321 g/mol. The SMILES string of the molecule is Clc1ccc(C(c2ccccc2)N2CCNCC2)cc1Cl. The van der Waals surface area contributed by atoms with Crippen molar-refractivity contribution in [3.63, 3.8) is 0 Å². The number of nitrogens with zero attached hydrogens (tertiary/aromatic N) is 1. The van der Waals surface area contributed by atoms with Crippen LogP contribution in [0.2, 0.25) is 10.0 Å². The van der Waals surface area contributed by atoms with E-state index in [0.717, 1.165) is 26.2 Å². The smallest absolute Gasteiger partial charge is 0.0603 e. The second-order valence-corrected chi connectivity index (χ2v) is 6.09. The Morgan fingerprint density at radius 1 is 0.857 bits per heavy atom. The standard InChI is InChI=1S/C17H18Cl2N2/c18-15-7-6-14(12-16(15)19)17(13-4-2-1-3-5-13)21-10-8-20-9-11-21/h1-7,12,17,20H,8-11H2. The van der Waals surface area contributed by atoms with Crippen molar-refractivity contribution < 1.29 is 0 Å². The van der Waals surface area contributed by atoms with Crippen LogP contribution in [0.3, 0.4) is 0 Å². The quantitative estimate of drug-likeness (QED) is 0.920. The molecule has 21 heavy (non-hydrogen) atoms. The van der Waals surface area contributed by atoms with Crippen molar-refractivity contribution in [3.8, 4) is 0 Å². The molecule has 4 heteroatoms. The van der Waals surface area contributed by atoms with Crippen molar-refractivity contribution in [1.82, 2.24) is 10.2 Å². The third-order valence-electron chi connectivity index (χ3n) is 3.89. The van der Waals surface area contributed by atoms with Gasteiger partial charge in [-0.15, -0.1) is 0 Å². The molecule has 110 valence electrons. The van der Waals surface area contributed by atoms with E-state index in [0.29, 0.717) is 10.0 Å². The van der Waals surface area contributed by atoms with Crippen molar-refractivity contribution in [2.24, 2.45) is 0 Å². The molecule has 3 rings (SSSR count). The maximum absolute atomic E-state index is 6.22. The Labute approximate surface area is 135 Å². The molecule has 1 saturated heterocycles. The van der Waals surface area contributed by atoms with Gasteiger partial charge in [-0.05, 0) is 23.3 Å². The molecule has 1 fully saturated rings. The van der Waals surface area contributed by atoms with Gasteiger partial charge in [0.15, 0.2) is 0 Å². The number of piperazine rings is 1. The normalized spacial score (nSPS) is 17.6. The molecule has 0 bridgehead atoms. The first-order valence-corrected chi connectivity index (χ1v) is 7.96. The molecule has 2 nitrogen and oxygen atoms in total. The summed E-state index contributed by atoms with van der Waals surface area (Å²) in [4.78, 5) is 2.49. The lowest BCUT2D eigenvalue weighted by Gasteiger charge is -2.35. The molecule has 1 heterocycles. The molecular weight excluding hydrogens is 303 g/mol. The van der Waals surface area contributed by atoms with Crippen LogP contribution < -0.4 is 5.32 Å². The zero-order chi connectivity index (χ0) is 14.7. The molecule has 0 amide bonds. The van der Waals surface area contributed by atoms with Crippen molar-refractivity contribution in [1.29, 1.82) is 0 Å². The van der Waals surface area contributed by atoms with Gasteiger partial charge in [-0.1, -0.05) is 59.6 Å². The van der Waals surface area contributed by atoms with Crippen molar-refractivity contribution in [2.75, 3.05) is 26.2 Å². The average Bonchev–Trinajstić information content (AvgIpc) is 2.53. The van der Waals surface area contributed by atoms with Gasteiger partial charge in [0.1, 0.15) is 0 Å². The number of benzene rings is 2. The molecule has 0 saturated carbocycles. The first-order chi connectivity index (χ1) is 10.3. The summed E-state index contributed by atoms with van der Waals surface area (Å²) < 4.78 is 0. The van der Waals surface area contributed by atoms with E-state index in [9.17, 15) is 0 Å². The summed E-state index contributed by atoms with van der Waals surface area (Å²) in [7, 11) is 0. The zero-order valence-electron chi connectivity index (χ0n) is 11.7. The summed E-state index contributed by atoms with van der Waals surface area (Å²) in [5.41, 5.74) is 2.48. The van der Waals surface area contributed by atoms with Crippen LogP contribution in [-0.4, -0.2) is 31.1 Å². The van der Waals surface area contributed by atoms with E-state index in [4.69, 9.17) is 23.2 Å². The Hall–Kier alpha value is -1.06. The van der Waals surface area contributed by atoms with E-state index in [1.807, 2.05) is 18.2 Å². The predicted octanol–water partition coefficient (Wildman–Crippen LogP) is 3.99. The molecule has 0 aromatic heterocycles. The fourth-order valence-electron chi connectivity index (χ4n) is 2.87. The Balaban J connectivity index is 2.00. The minimum atomic E-state index is 0.225. The highest BCUT2D eigenvalue weighted by atomic mass is 35.5. The lowest BCUT2D eigenvalue weighted by Crippen LogP contribution is -2.45. The third kappa shape index (κ3) is 3.41. The lowest BCUT2D eigenvalue weighted by atomic mass is 9.96. The van der Waals surface area contributed by atoms with Crippen LogP contribution in [-0.2, 0) is 0 Å². The van der Waals surface area contributed by atoms with Crippen LogP contribution in [0, 0.1) is 0 Å². The second kappa shape index (κ2) is 6.80. The monoisotopic (exact) mass is 320 g/mol. The molecule has 0 spiro atoms. The number of hydrogen-bond acceptors (Lipinski definition) is 2. The predicted molar refractivity (Wildman–Crippen MR) is 89.2 cm³/mol. The molecule has 1 N–H and O–H groups in total. The van der Waals surface area contributed by atoms with Gasteiger partial charge in [-0.3, -0.25) is 4.90 Å². The minimum Gasteiger partial charge on any atom is -0.314 e. The minimum absolute atomic E-state index is 0.225. The number of nitrogens with one attached hydrogen (secondary N) is 1. The van der Waals surface area contributed by atoms with Crippen molar-refractivity contribution in [2.45, 2.75) is 6.04 Å². The maximum atomic E-state index is 6.22. The van der Waals surface area contributed by atoms with E-state index in [1.165, 1.54) is 11.1 Å². The Bertz CT molecular complexity index is 595. The number of halogens is 2. The molecule has 1 unspecified atom stereocenters.